The van der Waals surface area contributed by atoms with E-state index in [1.54, 1.807) is 30.3 Å². The molecule has 8 heteroatoms. The van der Waals surface area contributed by atoms with Crippen LogP contribution in [-0.2, 0) is 19.6 Å². The SMILES string of the molecule is O=C(N[C@@H]1CCSC1=O)[C@@H]1CCCN(S(=O)(=O)c2ccccc2)C1. The van der Waals surface area contributed by atoms with Gasteiger partial charge in [-0.3, -0.25) is 9.59 Å². The molecule has 0 aromatic heterocycles. The summed E-state index contributed by atoms with van der Waals surface area (Å²) in [5.74, 6) is 0.0996. The largest absolute Gasteiger partial charge is 0.345 e. The molecule has 24 heavy (non-hydrogen) atoms. The van der Waals surface area contributed by atoms with Crippen LogP contribution in [0.3, 0.4) is 0 Å². The molecule has 1 aromatic carbocycles. The van der Waals surface area contributed by atoms with Crippen molar-refractivity contribution in [1.29, 1.82) is 0 Å². The second-order valence-corrected chi connectivity index (χ2v) is 9.07. The molecule has 0 unspecified atom stereocenters. The van der Waals surface area contributed by atoms with Crippen molar-refractivity contribution in [2.24, 2.45) is 5.92 Å². The Morgan fingerprint density at radius 2 is 1.96 bits per heavy atom. The molecule has 2 atom stereocenters. The van der Waals surface area contributed by atoms with E-state index in [4.69, 9.17) is 0 Å². The van der Waals surface area contributed by atoms with Crippen LogP contribution in [0.1, 0.15) is 19.3 Å². The molecule has 2 saturated heterocycles. The predicted octanol–water partition coefficient (Wildman–Crippen LogP) is 1.24. The molecule has 2 fully saturated rings. The van der Waals surface area contributed by atoms with E-state index in [2.05, 4.69) is 5.32 Å². The molecule has 0 spiro atoms. The summed E-state index contributed by atoms with van der Waals surface area (Å²) in [4.78, 5) is 24.3. The number of nitrogens with zero attached hydrogens (tertiary/aromatic N) is 1. The normalized spacial score (nSPS) is 25.6. The molecule has 1 N–H and O–H groups in total. The minimum absolute atomic E-state index is 0.00655. The smallest absolute Gasteiger partial charge is 0.243 e. The fourth-order valence-corrected chi connectivity index (χ4v) is 5.51. The zero-order valence-electron chi connectivity index (χ0n) is 13.2. The number of nitrogens with one attached hydrogen (secondary N) is 1. The zero-order chi connectivity index (χ0) is 17.2. The minimum Gasteiger partial charge on any atom is -0.345 e. The summed E-state index contributed by atoms with van der Waals surface area (Å²) >= 11 is 1.24. The molecule has 130 valence electrons. The lowest BCUT2D eigenvalue weighted by Crippen LogP contribution is -2.48. The van der Waals surface area contributed by atoms with Crippen molar-refractivity contribution in [3.05, 3.63) is 30.3 Å². The summed E-state index contributed by atoms with van der Waals surface area (Å²) < 4.78 is 26.8. The Balaban J connectivity index is 1.68. The number of hydrogen-bond acceptors (Lipinski definition) is 5. The number of carbonyl (C=O) groups is 2. The average molecular weight is 368 g/mol. The Hall–Kier alpha value is -1.38. The van der Waals surface area contributed by atoms with Crippen LogP contribution < -0.4 is 5.32 Å². The zero-order valence-corrected chi connectivity index (χ0v) is 14.8. The number of thioether (sulfide) groups is 1. The molecule has 3 rings (SSSR count). The second-order valence-electron chi connectivity index (χ2n) is 6.03. The quantitative estimate of drug-likeness (QED) is 0.864. The van der Waals surface area contributed by atoms with Crippen molar-refractivity contribution in [2.45, 2.75) is 30.2 Å². The van der Waals surface area contributed by atoms with Crippen molar-refractivity contribution in [3.8, 4) is 0 Å². The van der Waals surface area contributed by atoms with Gasteiger partial charge in [0.15, 0.2) is 0 Å². The molecular formula is C16H20N2O4S2. The average Bonchev–Trinajstić information content (AvgIpc) is 3.00. The van der Waals surface area contributed by atoms with Crippen LogP contribution >= 0.6 is 11.8 Å². The monoisotopic (exact) mass is 368 g/mol. The van der Waals surface area contributed by atoms with Crippen LogP contribution in [0.2, 0.25) is 0 Å². The number of benzene rings is 1. The van der Waals surface area contributed by atoms with E-state index in [0.29, 0.717) is 25.8 Å². The van der Waals surface area contributed by atoms with Crippen molar-refractivity contribution in [2.75, 3.05) is 18.8 Å². The summed E-state index contributed by atoms with van der Waals surface area (Å²) in [6, 6.07) is 7.83. The fraction of sp³-hybridized carbons (Fsp3) is 0.500. The molecule has 2 aliphatic heterocycles. The first-order valence-electron chi connectivity index (χ1n) is 8.00. The van der Waals surface area contributed by atoms with Gasteiger partial charge >= 0.3 is 0 Å². The Labute approximate surface area is 146 Å². The molecule has 0 saturated carbocycles. The first-order valence-corrected chi connectivity index (χ1v) is 10.4. The van der Waals surface area contributed by atoms with Gasteiger partial charge in [0.1, 0.15) is 0 Å². The Morgan fingerprint density at radius 3 is 2.62 bits per heavy atom. The number of carbonyl (C=O) groups excluding carboxylic acids is 2. The van der Waals surface area contributed by atoms with Crippen molar-refractivity contribution in [3.63, 3.8) is 0 Å². The van der Waals surface area contributed by atoms with Gasteiger partial charge in [-0.15, -0.1) is 0 Å². The van der Waals surface area contributed by atoms with E-state index in [-0.39, 0.29) is 22.5 Å². The maximum Gasteiger partial charge on any atom is 0.243 e. The third-order valence-electron chi connectivity index (χ3n) is 4.39. The van der Waals surface area contributed by atoms with Crippen molar-refractivity contribution in [1.82, 2.24) is 9.62 Å². The van der Waals surface area contributed by atoms with Crippen LogP contribution in [-0.4, -0.2) is 48.6 Å². The standard InChI is InChI=1S/C16H20N2O4S2/c19-15(17-14-8-10-23-16(14)20)12-5-4-9-18(11-12)24(21,22)13-6-2-1-3-7-13/h1-3,6-7,12,14H,4-5,8-11H2,(H,17,19)/t12-,14-/m1/s1. The van der Waals surface area contributed by atoms with Gasteiger partial charge in [-0.1, -0.05) is 30.0 Å². The molecule has 2 aliphatic rings. The number of sulfonamides is 1. The van der Waals surface area contributed by atoms with Crippen LogP contribution in [0.25, 0.3) is 0 Å². The molecule has 1 aromatic rings. The van der Waals surface area contributed by atoms with Gasteiger partial charge in [-0.25, -0.2) is 8.42 Å². The maximum atomic E-state index is 12.7. The van der Waals surface area contributed by atoms with Crippen molar-refractivity contribution >= 4 is 32.8 Å². The summed E-state index contributed by atoms with van der Waals surface area (Å²) in [6.07, 6.45) is 1.92. The highest BCUT2D eigenvalue weighted by atomic mass is 32.2. The third kappa shape index (κ3) is 3.65. The summed E-state index contributed by atoms with van der Waals surface area (Å²) in [5.41, 5.74) is 0. The van der Waals surface area contributed by atoms with E-state index in [0.717, 1.165) is 5.75 Å². The molecule has 0 radical (unpaired) electrons. The lowest BCUT2D eigenvalue weighted by molar-refractivity contribution is -0.128. The Bertz CT molecular complexity index is 721. The number of amides is 1. The van der Waals surface area contributed by atoms with Gasteiger partial charge in [0.05, 0.1) is 16.9 Å². The highest BCUT2D eigenvalue weighted by Gasteiger charge is 2.35. The Kier molecular flexibility index (Phi) is 5.27. The first-order chi connectivity index (χ1) is 11.5. The molecule has 6 nitrogen and oxygen atoms in total. The third-order valence-corrected chi connectivity index (χ3v) is 7.28. The molecule has 0 aliphatic carbocycles. The highest BCUT2D eigenvalue weighted by molar-refractivity contribution is 8.14. The van der Waals surface area contributed by atoms with E-state index < -0.39 is 22.0 Å². The second kappa shape index (κ2) is 7.25. The minimum atomic E-state index is -3.58. The van der Waals surface area contributed by atoms with Crippen LogP contribution in [0.15, 0.2) is 35.2 Å². The van der Waals surface area contributed by atoms with Gasteiger partial charge in [0.25, 0.3) is 0 Å². The first kappa shape index (κ1) is 17.4. The fourth-order valence-electron chi connectivity index (χ4n) is 3.03. The van der Waals surface area contributed by atoms with Crippen LogP contribution in [0.5, 0.6) is 0 Å². The van der Waals surface area contributed by atoms with E-state index in [1.807, 2.05) is 0 Å². The van der Waals surface area contributed by atoms with Crippen molar-refractivity contribution < 1.29 is 18.0 Å². The van der Waals surface area contributed by atoms with Gasteiger partial charge in [-0.05, 0) is 31.4 Å². The predicted molar refractivity (Wildman–Crippen MR) is 91.9 cm³/mol. The van der Waals surface area contributed by atoms with Gasteiger partial charge in [-0.2, -0.15) is 4.31 Å². The van der Waals surface area contributed by atoms with Gasteiger partial charge in [0, 0.05) is 18.8 Å². The molecule has 2 heterocycles. The highest BCUT2D eigenvalue weighted by Crippen LogP contribution is 2.25. The van der Waals surface area contributed by atoms with Gasteiger partial charge < -0.3 is 5.32 Å². The Morgan fingerprint density at radius 1 is 1.21 bits per heavy atom. The summed E-state index contributed by atoms with van der Waals surface area (Å²) in [5, 5.41) is 2.77. The maximum absolute atomic E-state index is 12.7. The topological polar surface area (TPSA) is 83.6 Å². The van der Waals surface area contributed by atoms with E-state index >= 15 is 0 Å². The summed E-state index contributed by atoms with van der Waals surface area (Å²) in [6.45, 7) is 0.580. The van der Waals surface area contributed by atoms with Gasteiger partial charge in [0.2, 0.25) is 21.0 Å². The van der Waals surface area contributed by atoms with Crippen LogP contribution in [0, 0.1) is 5.92 Å². The molecule has 0 bridgehead atoms. The number of hydrogen-bond donors (Lipinski definition) is 1. The summed E-state index contributed by atoms with van der Waals surface area (Å²) in [7, 11) is -3.58. The number of rotatable bonds is 4. The number of piperidine rings is 1. The lowest BCUT2D eigenvalue weighted by Gasteiger charge is -2.31. The van der Waals surface area contributed by atoms with E-state index in [9.17, 15) is 18.0 Å². The van der Waals surface area contributed by atoms with E-state index in [1.165, 1.54) is 16.1 Å². The lowest BCUT2D eigenvalue weighted by atomic mass is 9.98. The molecular weight excluding hydrogens is 348 g/mol. The molecule has 1 amide bonds. The van der Waals surface area contributed by atoms with Crippen LogP contribution in [0.4, 0.5) is 0 Å².